The standard InChI is InChI=1S/C22H21N5O2S/c28-21-19-18(24-20(25-21)17-8-4-5-9-23-17)16(14-30-19)22(29)27-12-10-26(11-13-27)15-6-2-1-3-7-15/h1-9,16H,10-14H2,(H,24,25,28). The maximum absolute atomic E-state index is 13.3. The van der Waals surface area contributed by atoms with E-state index in [-0.39, 0.29) is 11.5 Å². The molecule has 1 saturated heterocycles. The molecule has 30 heavy (non-hydrogen) atoms. The van der Waals surface area contributed by atoms with Crippen LogP contribution in [0, 0.1) is 0 Å². The number of rotatable bonds is 3. The summed E-state index contributed by atoms with van der Waals surface area (Å²) in [6.45, 7) is 2.93. The molecule has 5 rings (SSSR count). The molecule has 0 radical (unpaired) electrons. The van der Waals surface area contributed by atoms with Crippen molar-refractivity contribution in [2.24, 2.45) is 0 Å². The summed E-state index contributed by atoms with van der Waals surface area (Å²) in [5.41, 5.74) is 2.16. The Hall–Kier alpha value is -3.13. The van der Waals surface area contributed by atoms with Crippen LogP contribution in [0.25, 0.3) is 11.5 Å². The Morgan fingerprint density at radius 3 is 2.53 bits per heavy atom. The first kappa shape index (κ1) is 18.9. The quantitative estimate of drug-likeness (QED) is 0.702. The van der Waals surface area contributed by atoms with Gasteiger partial charge in [0.15, 0.2) is 5.82 Å². The lowest BCUT2D eigenvalue weighted by molar-refractivity contribution is -0.132. The number of carbonyl (C=O) groups excluding carboxylic acids is 1. The van der Waals surface area contributed by atoms with E-state index >= 15 is 0 Å². The van der Waals surface area contributed by atoms with Crippen molar-refractivity contribution in [3.8, 4) is 11.5 Å². The Labute approximate surface area is 178 Å². The van der Waals surface area contributed by atoms with E-state index in [9.17, 15) is 9.59 Å². The number of fused-ring (bicyclic) bond motifs is 1. The summed E-state index contributed by atoms with van der Waals surface area (Å²) in [7, 11) is 0. The smallest absolute Gasteiger partial charge is 0.265 e. The Morgan fingerprint density at radius 2 is 1.80 bits per heavy atom. The summed E-state index contributed by atoms with van der Waals surface area (Å²) in [4.78, 5) is 42.3. The van der Waals surface area contributed by atoms with Crippen LogP contribution >= 0.6 is 11.8 Å². The van der Waals surface area contributed by atoms with Gasteiger partial charge in [-0.3, -0.25) is 14.6 Å². The number of anilines is 1. The van der Waals surface area contributed by atoms with Crippen molar-refractivity contribution < 1.29 is 4.79 Å². The number of thioether (sulfide) groups is 1. The van der Waals surface area contributed by atoms with Gasteiger partial charge in [-0.25, -0.2) is 4.98 Å². The molecule has 0 saturated carbocycles. The molecule has 2 aliphatic heterocycles. The van der Waals surface area contributed by atoms with Crippen LogP contribution in [0.2, 0.25) is 0 Å². The molecule has 0 aliphatic carbocycles. The number of para-hydroxylation sites is 1. The van der Waals surface area contributed by atoms with E-state index in [1.165, 1.54) is 17.4 Å². The van der Waals surface area contributed by atoms with Crippen LogP contribution in [-0.4, -0.2) is 57.7 Å². The number of piperazine rings is 1. The molecule has 7 nitrogen and oxygen atoms in total. The number of nitrogens with one attached hydrogen (secondary N) is 1. The summed E-state index contributed by atoms with van der Waals surface area (Å²) >= 11 is 1.41. The Balaban J connectivity index is 1.35. The fraction of sp³-hybridized carbons (Fsp3) is 0.273. The van der Waals surface area contributed by atoms with E-state index in [1.807, 2.05) is 35.2 Å². The summed E-state index contributed by atoms with van der Waals surface area (Å²) in [5, 5.41) is 0. The number of benzene rings is 1. The number of hydrogen-bond donors (Lipinski definition) is 1. The predicted molar refractivity (Wildman–Crippen MR) is 117 cm³/mol. The molecule has 1 aromatic carbocycles. The molecule has 1 fully saturated rings. The molecular formula is C22H21N5O2S. The molecule has 2 aromatic heterocycles. The van der Waals surface area contributed by atoms with Gasteiger partial charge in [0.25, 0.3) is 5.56 Å². The Morgan fingerprint density at radius 1 is 1.03 bits per heavy atom. The SMILES string of the molecule is O=C(C1CSc2c1nc(-c1ccccn1)[nH]c2=O)N1CCN(c2ccccc2)CC1. The number of aromatic nitrogens is 3. The minimum Gasteiger partial charge on any atom is -0.368 e. The topological polar surface area (TPSA) is 82.2 Å². The second-order valence-electron chi connectivity index (χ2n) is 7.36. The lowest BCUT2D eigenvalue weighted by Crippen LogP contribution is -2.50. The number of aromatic amines is 1. The van der Waals surface area contributed by atoms with Gasteiger partial charge >= 0.3 is 0 Å². The lowest BCUT2D eigenvalue weighted by Gasteiger charge is -2.37. The molecule has 1 atom stereocenters. The Kier molecular flexibility index (Phi) is 5.00. The second-order valence-corrected chi connectivity index (χ2v) is 8.39. The highest BCUT2D eigenvalue weighted by Crippen LogP contribution is 2.37. The van der Waals surface area contributed by atoms with Crippen molar-refractivity contribution in [3.63, 3.8) is 0 Å². The summed E-state index contributed by atoms with van der Waals surface area (Å²) in [5.74, 6) is 0.625. The van der Waals surface area contributed by atoms with Crippen LogP contribution < -0.4 is 10.5 Å². The molecule has 4 heterocycles. The first-order chi connectivity index (χ1) is 14.7. The average molecular weight is 420 g/mol. The van der Waals surface area contributed by atoms with Crippen LogP contribution in [0.4, 0.5) is 5.69 Å². The van der Waals surface area contributed by atoms with Crippen LogP contribution in [0.1, 0.15) is 11.6 Å². The number of H-pyrrole nitrogens is 1. The molecule has 8 heteroatoms. The fourth-order valence-electron chi connectivity index (χ4n) is 3.96. The van der Waals surface area contributed by atoms with E-state index in [2.05, 4.69) is 32.0 Å². The molecule has 3 aromatic rings. The maximum atomic E-state index is 13.3. The summed E-state index contributed by atoms with van der Waals surface area (Å²) in [6.07, 6.45) is 1.66. The number of nitrogens with zero attached hydrogens (tertiary/aromatic N) is 4. The van der Waals surface area contributed by atoms with E-state index < -0.39 is 5.92 Å². The summed E-state index contributed by atoms with van der Waals surface area (Å²) < 4.78 is 0. The minimum atomic E-state index is -0.391. The lowest BCUT2D eigenvalue weighted by atomic mass is 10.0. The molecule has 2 aliphatic rings. The van der Waals surface area contributed by atoms with Gasteiger partial charge < -0.3 is 14.8 Å². The normalized spacial score (nSPS) is 18.3. The number of pyridine rings is 1. The molecular weight excluding hydrogens is 398 g/mol. The summed E-state index contributed by atoms with van der Waals surface area (Å²) in [6, 6.07) is 15.7. The maximum Gasteiger partial charge on any atom is 0.265 e. The molecule has 1 N–H and O–H groups in total. The fourth-order valence-corrected chi connectivity index (χ4v) is 5.11. The predicted octanol–water partition coefficient (Wildman–Crippen LogP) is 2.37. The highest BCUT2D eigenvalue weighted by Gasteiger charge is 2.37. The van der Waals surface area contributed by atoms with Crippen molar-refractivity contribution in [2.75, 3.05) is 36.8 Å². The minimum absolute atomic E-state index is 0.0547. The van der Waals surface area contributed by atoms with Gasteiger partial charge in [0.2, 0.25) is 5.91 Å². The molecule has 1 unspecified atom stereocenters. The van der Waals surface area contributed by atoms with Gasteiger partial charge in [0.1, 0.15) is 5.69 Å². The van der Waals surface area contributed by atoms with Crippen molar-refractivity contribution in [2.45, 2.75) is 10.8 Å². The third-order valence-corrected chi connectivity index (χ3v) is 6.73. The van der Waals surface area contributed by atoms with E-state index in [0.29, 0.717) is 41.0 Å². The van der Waals surface area contributed by atoms with Crippen LogP contribution in [0.3, 0.4) is 0 Å². The van der Waals surface area contributed by atoms with E-state index in [4.69, 9.17) is 0 Å². The van der Waals surface area contributed by atoms with Gasteiger partial charge in [-0.15, -0.1) is 11.8 Å². The number of hydrogen-bond acceptors (Lipinski definition) is 6. The third-order valence-electron chi connectivity index (χ3n) is 5.55. The van der Waals surface area contributed by atoms with Crippen LogP contribution in [-0.2, 0) is 4.79 Å². The second kappa shape index (κ2) is 7.95. The molecule has 152 valence electrons. The van der Waals surface area contributed by atoms with Crippen molar-refractivity contribution >= 4 is 23.4 Å². The van der Waals surface area contributed by atoms with Gasteiger partial charge in [-0.2, -0.15) is 0 Å². The van der Waals surface area contributed by atoms with E-state index in [0.717, 1.165) is 13.1 Å². The first-order valence-corrected chi connectivity index (χ1v) is 11.0. The van der Waals surface area contributed by atoms with Gasteiger partial charge in [-0.1, -0.05) is 24.3 Å². The third kappa shape index (κ3) is 3.47. The van der Waals surface area contributed by atoms with E-state index in [1.54, 1.807) is 12.3 Å². The first-order valence-electron chi connectivity index (χ1n) is 9.98. The zero-order chi connectivity index (χ0) is 20.5. The van der Waals surface area contributed by atoms with Crippen LogP contribution in [0.5, 0.6) is 0 Å². The van der Waals surface area contributed by atoms with Gasteiger partial charge in [0.05, 0.1) is 16.5 Å². The number of carbonyl (C=O) groups is 1. The monoisotopic (exact) mass is 419 g/mol. The Bertz CT molecular complexity index is 1110. The van der Waals surface area contributed by atoms with Gasteiger partial charge in [0, 0.05) is 43.8 Å². The van der Waals surface area contributed by atoms with Crippen molar-refractivity contribution in [1.29, 1.82) is 0 Å². The van der Waals surface area contributed by atoms with Crippen molar-refractivity contribution in [3.05, 3.63) is 70.8 Å². The van der Waals surface area contributed by atoms with Gasteiger partial charge in [-0.05, 0) is 24.3 Å². The largest absolute Gasteiger partial charge is 0.368 e. The van der Waals surface area contributed by atoms with Crippen molar-refractivity contribution in [1.82, 2.24) is 19.9 Å². The molecule has 1 amide bonds. The molecule has 0 bridgehead atoms. The zero-order valence-electron chi connectivity index (χ0n) is 16.3. The highest BCUT2D eigenvalue weighted by atomic mass is 32.2. The highest BCUT2D eigenvalue weighted by molar-refractivity contribution is 7.99. The zero-order valence-corrected chi connectivity index (χ0v) is 17.1. The average Bonchev–Trinajstić information content (AvgIpc) is 3.24. The number of amides is 1. The molecule has 0 spiro atoms. The van der Waals surface area contributed by atoms with Crippen LogP contribution in [0.15, 0.2) is 64.4 Å².